The molecule has 3 unspecified atom stereocenters. The molecule has 1 amide bonds. The van der Waals surface area contributed by atoms with Crippen molar-refractivity contribution in [1.82, 2.24) is 14.4 Å². The predicted molar refractivity (Wildman–Crippen MR) is 136 cm³/mol. The number of aliphatic hydroxyl groups excluding tert-OH is 1. The third-order valence-corrected chi connectivity index (χ3v) is 8.99. The molecule has 1 aromatic carbocycles. The van der Waals surface area contributed by atoms with Crippen LogP contribution in [0.4, 0.5) is 0 Å². The molecule has 35 heavy (non-hydrogen) atoms. The number of aliphatic hydroxyl groups is 1. The van der Waals surface area contributed by atoms with Crippen LogP contribution in [0.1, 0.15) is 75.5 Å². The Morgan fingerprint density at radius 1 is 1.23 bits per heavy atom. The lowest BCUT2D eigenvalue weighted by molar-refractivity contribution is -0.151. The summed E-state index contributed by atoms with van der Waals surface area (Å²) in [5.41, 5.74) is 4.04. The van der Waals surface area contributed by atoms with Crippen molar-refractivity contribution in [3.05, 3.63) is 35.5 Å². The molecule has 7 nitrogen and oxygen atoms in total. The Balaban J connectivity index is 1.46. The van der Waals surface area contributed by atoms with Crippen LogP contribution in [-0.4, -0.2) is 74.8 Å². The smallest absolute Gasteiger partial charge is 0.334 e. The number of fused-ring (bicyclic) bond motifs is 2. The van der Waals surface area contributed by atoms with Crippen LogP contribution in [0.5, 0.6) is 0 Å². The van der Waals surface area contributed by atoms with E-state index in [1.54, 1.807) is 4.90 Å². The summed E-state index contributed by atoms with van der Waals surface area (Å²) in [6.07, 6.45) is 7.51. The molecule has 190 valence electrons. The van der Waals surface area contributed by atoms with Crippen molar-refractivity contribution in [2.24, 2.45) is 5.92 Å². The van der Waals surface area contributed by atoms with Crippen LogP contribution < -0.4 is 0 Å². The monoisotopic (exact) mass is 481 g/mol. The number of benzene rings is 1. The minimum atomic E-state index is -1.54. The molecule has 2 N–H and O–H groups in total. The maximum absolute atomic E-state index is 13.9. The van der Waals surface area contributed by atoms with Gasteiger partial charge in [-0.05, 0) is 63.3 Å². The van der Waals surface area contributed by atoms with E-state index in [0.29, 0.717) is 18.6 Å². The van der Waals surface area contributed by atoms with Crippen molar-refractivity contribution >= 4 is 22.8 Å². The average molecular weight is 482 g/mol. The van der Waals surface area contributed by atoms with Gasteiger partial charge in [0.25, 0.3) is 0 Å². The molecule has 5 rings (SSSR count). The van der Waals surface area contributed by atoms with Crippen LogP contribution in [0, 0.1) is 5.92 Å². The Bertz CT molecular complexity index is 1110. The van der Waals surface area contributed by atoms with Crippen molar-refractivity contribution in [2.45, 2.75) is 88.9 Å². The van der Waals surface area contributed by atoms with E-state index in [4.69, 9.17) is 0 Å². The number of carbonyl (C=O) groups excluding carboxylic acids is 1. The number of aromatic nitrogens is 1. The minimum Gasteiger partial charge on any atom is -0.479 e. The Kier molecular flexibility index (Phi) is 6.66. The molecular weight excluding hydrogens is 442 g/mol. The number of carboxylic acid groups (broad SMARTS) is 1. The molecule has 5 atom stereocenters. The van der Waals surface area contributed by atoms with E-state index < -0.39 is 12.1 Å². The van der Waals surface area contributed by atoms with Gasteiger partial charge in [-0.2, -0.15) is 0 Å². The fourth-order valence-electron chi connectivity index (χ4n) is 6.95. The highest BCUT2D eigenvalue weighted by Gasteiger charge is 2.44. The zero-order valence-corrected chi connectivity index (χ0v) is 21.2. The minimum absolute atomic E-state index is 0.0117. The van der Waals surface area contributed by atoms with Gasteiger partial charge in [0.05, 0.1) is 12.5 Å². The number of likely N-dealkylation sites (N-methyl/N-ethyl adjacent to an activating group) is 1. The van der Waals surface area contributed by atoms with Crippen molar-refractivity contribution < 1.29 is 19.8 Å². The van der Waals surface area contributed by atoms with Gasteiger partial charge in [-0.15, -0.1) is 0 Å². The van der Waals surface area contributed by atoms with Crippen molar-refractivity contribution in [1.29, 1.82) is 0 Å². The molecule has 0 radical (unpaired) electrons. The Morgan fingerprint density at radius 2 is 1.97 bits per heavy atom. The summed E-state index contributed by atoms with van der Waals surface area (Å²) in [6.45, 7) is 5.04. The van der Waals surface area contributed by atoms with Gasteiger partial charge >= 0.3 is 5.97 Å². The number of piperidine rings is 1. The molecule has 1 aromatic heterocycles. The van der Waals surface area contributed by atoms with Gasteiger partial charge in [0.1, 0.15) is 0 Å². The number of aliphatic carboxylic acids is 1. The summed E-state index contributed by atoms with van der Waals surface area (Å²) >= 11 is 0. The first-order valence-electron chi connectivity index (χ1n) is 13.3. The second kappa shape index (κ2) is 9.58. The molecule has 2 aromatic rings. The highest BCUT2D eigenvalue weighted by molar-refractivity contribution is 5.89. The standard InChI is InChI=1S/C28H39N3O4/c1-4-17(2)30-15-18-13-24-22(21-10-7-11-23(30)26(18)21)12-19(14-29(24)3)27(33)31(16-25(32)28(34)35)20-8-5-6-9-20/h7,10-11,15,17,19-20,22,24-25,32H,4-6,8-9,12-14,16H2,1-3H3,(H,34,35)/t17?,19-,22?,24-,25?/m1/s1. The first-order chi connectivity index (χ1) is 16.8. The topological polar surface area (TPSA) is 86.0 Å². The highest BCUT2D eigenvalue weighted by Crippen LogP contribution is 2.46. The maximum Gasteiger partial charge on any atom is 0.334 e. The van der Waals surface area contributed by atoms with E-state index in [1.807, 2.05) is 0 Å². The summed E-state index contributed by atoms with van der Waals surface area (Å²) in [6, 6.07) is 7.45. The first-order valence-corrected chi connectivity index (χ1v) is 13.3. The van der Waals surface area contributed by atoms with Gasteiger partial charge in [0.2, 0.25) is 5.91 Å². The Hall–Kier alpha value is -2.38. The third kappa shape index (κ3) is 4.27. The zero-order chi connectivity index (χ0) is 24.9. The molecule has 2 heterocycles. The van der Waals surface area contributed by atoms with Gasteiger partial charge < -0.3 is 24.6 Å². The first kappa shape index (κ1) is 24.3. The van der Waals surface area contributed by atoms with Crippen LogP contribution in [0.25, 0.3) is 10.9 Å². The number of hydrogen-bond acceptors (Lipinski definition) is 4. The van der Waals surface area contributed by atoms with Gasteiger partial charge in [0, 0.05) is 47.7 Å². The number of likely N-dealkylation sites (tertiary alicyclic amines) is 1. The van der Waals surface area contributed by atoms with Crippen LogP contribution >= 0.6 is 0 Å². The summed E-state index contributed by atoms with van der Waals surface area (Å²) in [7, 11) is 2.12. The van der Waals surface area contributed by atoms with Crippen molar-refractivity contribution in [3.63, 3.8) is 0 Å². The maximum atomic E-state index is 13.9. The fraction of sp³-hybridized carbons (Fsp3) is 0.643. The number of carboxylic acids is 1. The Labute approximate surface area is 207 Å². The summed E-state index contributed by atoms with van der Waals surface area (Å²) in [4.78, 5) is 29.3. The molecular formula is C28H39N3O4. The van der Waals surface area contributed by atoms with Crippen LogP contribution in [0.3, 0.4) is 0 Å². The van der Waals surface area contributed by atoms with Crippen molar-refractivity contribution in [3.8, 4) is 0 Å². The molecule has 0 spiro atoms. The van der Waals surface area contributed by atoms with Crippen LogP contribution in [-0.2, 0) is 16.0 Å². The summed E-state index contributed by atoms with van der Waals surface area (Å²) < 4.78 is 2.42. The van der Waals surface area contributed by atoms with Crippen LogP contribution in [0.15, 0.2) is 24.4 Å². The lowest BCUT2D eigenvalue weighted by Crippen LogP contribution is -2.54. The lowest BCUT2D eigenvalue weighted by atomic mass is 9.72. The number of hydrogen-bond donors (Lipinski definition) is 2. The van der Waals surface area contributed by atoms with Gasteiger partial charge in [-0.1, -0.05) is 31.9 Å². The Morgan fingerprint density at radius 3 is 2.66 bits per heavy atom. The molecule has 1 aliphatic heterocycles. The molecule has 0 bridgehead atoms. The van der Waals surface area contributed by atoms with E-state index in [-0.39, 0.29) is 30.3 Å². The van der Waals surface area contributed by atoms with Gasteiger partial charge in [0.15, 0.2) is 6.10 Å². The quantitative estimate of drug-likeness (QED) is 0.629. The lowest BCUT2D eigenvalue weighted by Gasteiger charge is -2.46. The highest BCUT2D eigenvalue weighted by atomic mass is 16.4. The van der Waals surface area contributed by atoms with E-state index in [2.05, 4.69) is 54.8 Å². The van der Waals surface area contributed by atoms with Gasteiger partial charge in [-0.25, -0.2) is 4.79 Å². The molecule has 2 aliphatic carbocycles. The van der Waals surface area contributed by atoms with E-state index in [9.17, 15) is 19.8 Å². The van der Waals surface area contributed by atoms with E-state index >= 15 is 0 Å². The number of nitrogens with zero attached hydrogens (tertiary/aromatic N) is 3. The second-order valence-corrected chi connectivity index (χ2v) is 11.1. The summed E-state index contributed by atoms with van der Waals surface area (Å²) in [5.74, 6) is -1.19. The van der Waals surface area contributed by atoms with Crippen molar-refractivity contribution in [2.75, 3.05) is 20.1 Å². The number of carbonyl (C=O) groups is 2. The zero-order valence-electron chi connectivity index (χ0n) is 21.2. The fourth-order valence-corrected chi connectivity index (χ4v) is 6.95. The van der Waals surface area contributed by atoms with Gasteiger partial charge in [-0.3, -0.25) is 4.79 Å². The SMILES string of the molecule is CCC(C)n1cc2c3c(cccc31)C1C[C@@H](C(=O)N(CC(O)C(=O)O)C3CCCC3)CN(C)[C@@H]1C2. The molecule has 2 fully saturated rings. The molecule has 7 heteroatoms. The third-order valence-electron chi connectivity index (χ3n) is 8.99. The average Bonchev–Trinajstić information content (AvgIpc) is 3.51. The number of rotatable bonds is 7. The summed E-state index contributed by atoms with van der Waals surface area (Å²) in [5, 5.41) is 20.8. The number of amides is 1. The second-order valence-electron chi connectivity index (χ2n) is 11.1. The van der Waals surface area contributed by atoms with E-state index in [0.717, 1.165) is 44.9 Å². The predicted octanol–water partition coefficient (Wildman–Crippen LogP) is 3.79. The normalized spacial score (nSPS) is 26.5. The molecule has 1 saturated carbocycles. The van der Waals surface area contributed by atoms with E-state index in [1.165, 1.54) is 22.0 Å². The molecule has 3 aliphatic rings. The van der Waals surface area contributed by atoms with Crippen LogP contribution in [0.2, 0.25) is 0 Å². The molecule has 1 saturated heterocycles. The largest absolute Gasteiger partial charge is 0.479 e.